The van der Waals surface area contributed by atoms with Crippen LogP contribution in [0.5, 0.6) is 0 Å². The first-order chi connectivity index (χ1) is 11.6. The molecule has 3 rings (SSSR count). The van der Waals surface area contributed by atoms with Gasteiger partial charge in [-0.15, -0.1) is 0 Å². The molecule has 0 saturated heterocycles. The monoisotopic (exact) mass is 332 g/mol. The summed E-state index contributed by atoms with van der Waals surface area (Å²) < 4.78 is 12.7. The maximum atomic E-state index is 12.4. The van der Waals surface area contributed by atoms with Crippen molar-refractivity contribution in [3.63, 3.8) is 0 Å². The second kappa shape index (κ2) is 7.09. The average molecular weight is 332 g/mol. The van der Waals surface area contributed by atoms with Gasteiger partial charge in [0, 0.05) is 25.4 Å². The van der Waals surface area contributed by atoms with Gasteiger partial charge in [0.15, 0.2) is 0 Å². The SMILES string of the molecule is COC[C@H](NC(=O)N[C@@H]1CCCc2c1cnn2C)c1ccc(C)o1. The molecule has 2 atom stereocenters. The van der Waals surface area contributed by atoms with Gasteiger partial charge in [-0.1, -0.05) is 0 Å². The molecule has 0 radical (unpaired) electrons. The Morgan fingerprint density at radius 2 is 2.38 bits per heavy atom. The number of hydrogen-bond acceptors (Lipinski definition) is 4. The summed E-state index contributed by atoms with van der Waals surface area (Å²) in [6.45, 7) is 2.22. The van der Waals surface area contributed by atoms with E-state index >= 15 is 0 Å². The number of amides is 2. The predicted molar refractivity (Wildman–Crippen MR) is 88.6 cm³/mol. The van der Waals surface area contributed by atoms with Gasteiger partial charge in [-0.25, -0.2) is 4.79 Å². The molecule has 0 aromatic carbocycles. The summed E-state index contributed by atoms with van der Waals surface area (Å²) in [5, 5.41) is 10.3. The van der Waals surface area contributed by atoms with Gasteiger partial charge >= 0.3 is 6.03 Å². The fourth-order valence-corrected chi connectivity index (χ4v) is 3.22. The topological polar surface area (TPSA) is 81.3 Å². The van der Waals surface area contributed by atoms with Crippen LogP contribution in [0, 0.1) is 6.92 Å². The minimum absolute atomic E-state index is 0.0102. The number of ether oxygens (including phenoxy) is 1. The Kier molecular flexibility index (Phi) is 4.89. The molecule has 0 aliphatic heterocycles. The molecule has 1 aliphatic carbocycles. The van der Waals surface area contributed by atoms with Gasteiger partial charge < -0.3 is 19.8 Å². The zero-order valence-electron chi connectivity index (χ0n) is 14.3. The number of aromatic nitrogens is 2. The lowest BCUT2D eigenvalue weighted by atomic mass is 9.93. The molecule has 24 heavy (non-hydrogen) atoms. The number of urea groups is 1. The maximum Gasteiger partial charge on any atom is 0.315 e. The number of furan rings is 1. The number of hydrogen-bond donors (Lipinski definition) is 2. The molecule has 1 aliphatic rings. The van der Waals surface area contributed by atoms with Gasteiger partial charge in [0.1, 0.15) is 17.6 Å². The molecular formula is C17H24N4O3. The number of fused-ring (bicyclic) bond motifs is 1. The highest BCUT2D eigenvalue weighted by Gasteiger charge is 2.26. The van der Waals surface area contributed by atoms with Crippen LogP contribution in [0.2, 0.25) is 0 Å². The number of aryl methyl sites for hydroxylation is 2. The highest BCUT2D eigenvalue weighted by Crippen LogP contribution is 2.29. The molecular weight excluding hydrogens is 308 g/mol. The highest BCUT2D eigenvalue weighted by atomic mass is 16.5. The van der Waals surface area contributed by atoms with E-state index in [1.54, 1.807) is 7.11 Å². The van der Waals surface area contributed by atoms with Crippen LogP contribution >= 0.6 is 0 Å². The first kappa shape index (κ1) is 16.6. The second-order valence-corrected chi connectivity index (χ2v) is 6.19. The van der Waals surface area contributed by atoms with Crippen molar-refractivity contribution in [1.82, 2.24) is 20.4 Å². The Bertz CT molecular complexity index is 707. The van der Waals surface area contributed by atoms with Gasteiger partial charge in [-0.05, 0) is 38.3 Å². The van der Waals surface area contributed by atoms with Crippen molar-refractivity contribution in [3.05, 3.63) is 41.1 Å². The minimum Gasteiger partial charge on any atom is -0.464 e. The van der Waals surface area contributed by atoms with Crippen molar-refractivity contribution in [2.45, 2.75) is 38.3 Å². The third kappa shape index (κ3) is 3.46. The number of methoxy groups -OCH3 is 1. The summed E-state index contributed by atoms with van der Waals surface area (Å²) in [5.41, 5.74) is 2.30. The minimum atomic E-state index is -0.319. The van der Waals surface area contributed by atoms with Crippen molar-refractivity contribution in [3.8, 4) is 0 Å². The Hall–Kier alpha value is -2.28. The summed E-state index contributed by atoms with van der Waals surface area (Å²) >= 11 is 0. The quantitative estimate of drug-likeness (QED) is 0.881. The molecule has 0 saturated carbocycles. The van der Waals surface area contributed by atoms with E-state index in [1.807, 2.05) is 37.0 Å². The third-order valence-corrected chi connectivity index (χ3v) is 4.42. The van der Waals surface area contributed by atoms with Crippen LogP contribution in [0.1, 0.15) is 47.7 Å². The number of carbonyl (C=O) groups excluding carboxylic acids is 1. The normalized spacial score (nSPS) is 18.0. The highest BCUT2D eigenvalue weighted by molar-refractivity contribution is 5.75. The lowest BCUT2D eigenvalue weighted by molar-refractivity contribution is 0.155. The summed E-state index contributed by atoms with van der Waals surface area (Å²) in [5.74, 6) is 1.50. The summed E-state index contributed by atoms with van der Waals surface area (Å²) in [4.78, 5) is 12.4. The first-order valence-corrected chi connectivity index (χ1v) is 8.21. The van der Waals surface area contributed by atoms with Gasteiger partial charge in [0.25, 0.3) is 0 Å². The molecule has 0 unspecified atom stereocenters. The van der Waals surface area contributed by atoms with E-state index in [-0.39, 0.29) is 18.1 Å². The number of rotatable bonds is 5. The molecule has 2 amide bonds. The van der Waals surface area contributed by atoms with Crippen molar-refractivity contribution in [2.75, 3.05) is 13.7 Å². The Labute approximate surface area is 141 Å². The van der Waals surface area contributed by atoms with E-state index in [0.29, 0.717) is 12.4 Å². The number of nitrogens with zero attached hydrogens (tertiary/aromatic N) is 2. The second-order valence-electron chi connectivity index (χ2n) is 6.19. The van der Waals surface area contributed by atoms with E-state index in [9.17, 15) is 4.79 Å². The molecule has 7 heteroatoms. The fraction of sp³-hybridized carbons (Fsp3) is 0.529. The zero-order valence-corrected chi connectivity index (χ0v) is 14.3. The Balaban J connectivity index is 1.66. The molecule has 7 nitrogen and oxygen atoms in total. The van der Waals surface area contributed by atoms with Crippen LogP contribution in [0.4, 0.5) is 4.79 Å². The molecule has 0 fully saturated rings. The van der Waals surface area contributed by atoms with Gasteiger partial charge in [0.2, 0.25) is 0 Å². The maximum absolute atomic E-state index is 12.4. The molecule has 0 spiro atoms. The smallest absolute Gasteiger partial charge is 0.315 e. The van der Waals surface area contributed by atoms with Crippen LogP contribution in [0.25, 0.3) is 0 Å². The van der Waals surface area contributed by atoms with Crippen molar-refractivity contribution in [1.29, 1.82) is 0 Å². The molecule has 0 bridgehead atoms. The first-order valence-electron chi connectivity index (χ1n) is 8.21. The fourth-order valence-electron chi connectivity index (χ4n) is 3.22. The van der Waals surface area contributed by atoms with Gasteiger partial charge in [-0.3, -0.25) is 4.68 Å². The standard InChI is InChI=1S/C17H24N4O3/c1-11-7-8-16(24-11)14(10-23-3)20-17(22)19-13-5-4-6-15-12(13)9-18-21(15)2/h7-9,13-14H,4-6,10H2,1-3H3,(H2,19,20,22)/t13-,14+/m1/s1. The Morgan fingerprint density at radius 1 is 1.54 bits per heavy atom. The van der Waals surface area contributed by atoms with Gasteiger partial charge in [0.05, 0.1) is 18.8 Å². The summed E-state index contributed by atoms with van der Waals surface area (Å²) in [6.07, 6.45) is 4.81. The lowest BCUT2D eigenvalue weighted by Crippen LogP contribution is -2.41. The molecule has 2 N–H and O–H groups in total. The van der Waals surface area contributed by atoms with E-state index in [2.05, 4.69) is 15.7 Å². The molecule has 2 aromatic rings. The van der Waals surface area contributed by atoms with Crippen LogP contribution < -0.4 is 10.6 Å². The van der Waals surface area contributed by atoms with Crippen LogP contribution in [-0.2, 0) is 18.2 Å². The van der Waals surface area contributed by atoms with Crippen molar-refractivity contribution >= 4 is 6.03 Å². The lowest BCUT2D eigenvalue weighted by Gasteiger charge is -2.25. The van der Waals surface area contributed by atoms with Crippen molar-refractivity contribution in [2.24, 2.45) is 7.05 Å². The average Bonchev–Trinajstić information content (AvgIpc) is 3.14. The molecule has 130 valence electrons. The van der Waals surface area contributed by atoms with Crippen LogP contribution in [0.15, 0.2) is 22.7 Å². The Morgan fingerprint density at radius 3 is 3.08 bits per heavy atom. The van der Waals surface area contributed by atoms with Gasteiger partial charge in [-0.2, -0.15) is 5.10 Å². The summed E-state index contributed by atoms with van der Waals surface area (Å²) in [6, 6.07) is 3.18. The van der Waals surface area contributed by atoms with Crippen LogP contribution in [-0.4, -0.2) is 29.5 Å². The third-order valence-electron chi connectivity index (χ3n) is 4.42. The van der Waals surface area contributed by atoms with E-state index in [4.69, 9.17) is 9.15 Å². The molecule has 2 aromatic heterocycles. The largest absolute Gasteiger partial charge is 0.464 e. The predicted octanol–water partition coefficient (Wildman–Crippen LogP) is 2.39. The number of carbonyl (C=O) groups is 1. The van der Waals surface area contributed by atoms with Crippen molar-refractivity contribution < 1.29 is 13.9 Å². The zero-order chi connectivity index (χ0) is 17.1. The molecule has 2 heterocycles. The van der Waals surface area contributed by atoms with E-state index < -0.39 is 0 Å². The summed E-state index contributed by atoms with van der Waals surface area (Å²) in [7, 11) is 3.54. The number of nitrogens with one attached hydrogen (secondary N) is 2. The van der Waals surface area contributed by atoms with E-state index in [0.717, 1.165) is 30.6 Å². The van der Waals surface area contributed by atoms with E-state index in [1.165, 1.54) is 5.69 Å². The van der Waals surface area contributed by atoms with Crippen LogP contribution in [0.3, 0.4) is 0 Å².